The number of fused-ring (bicyclic) bond motifs is 1. The van der Waals surface area contributed by atoms with Crippen LogP contribution in [0.3, 0.4) is 0 Å². The number of nitrogen functional groups attached to an aromatic ring is 1. The summed E-state index contributed by atoms with van der Waals surface area (Å²) in [5, 5.41) is 0.532. The Morgan fingerprint density at radius 1 is 1.33 bits per heavy atom. The van der Waals surface area contributed by atoms with E-state index in [9.17, 15) is 4.79 Å². The number of nitrogens with two attached hydrogens (primary N) is 1. The van der Waals surface area contributed by atoms with Gasteiger partial charge in [0.05, 0.1) is 24.0 Å². The van der Waals surface area contributed by atoms with Gasteiger partial charge in [-0.25, -0.2) is 0 Å². The second-order valence-corrected chi connectivity index (χ2v) is 5.34. The van der Waals surface area contributed by atoms with Gasteiger partial charge in [-0.2, -0.15) is 0 Å². The Balaban J connectivity index is 2.03. The monoisotopic (exact) mass is 302 g/mol. The van der Waals surface area contributed by atoms with E-state index >= 15 is 0 Å². The number of hydrogen-bond acceptors (Lipinski definition) is 3. The Labute approximate surface area is 128 Å². The minimum Gasteiger partial charge on any atom is -0.496 e. The van der Waals surface area contributed by atoms with Crippen molar-refractivity contribution < 1.29 is 9.53 Å². The molecule has 0 bridgehead atoms. The van der Waals surface area contributed by atoms with Gasteiger partial charge in [0.15, 0.2) is 0 Å². The molecule has 0 aromatic heterocycles. The lowest BCUT2D eigenvalue weighted by Crippen LogP contribution is -2.29. The average molecular weight is 303 g/mol. The van der Waals surface area contributed by atoms with Crippen LogP contribution in [-0.4, -0.2) is 19.6 Å². The van der Waals surface area contributed by atoms with Crippen molar-refractivity contribution in [3.63, 3.8) is 0 Å². The van der Waals surface area contributed by atoms with Crippen molar-refractivity contribution in [1.82, 2.24) is 0 Å². The van der Waals surface area contributed by atoms with Gasteiger partial charge in [0.1, 0.15) is 5.75 Å². The van der Waals surface area contributed by atoms with Crippen molar-refractivity contribution in [2.75, 3.05) is 24.3 Å². The largest absolute Gasteiger partial charge is 0.496 e. The molecule has 0 atom stereocenters. The zero-order valence-corrected chi connectivity index (χ0v) is 12.4. The molecule has 0 saturated heterocycles. The van der Waals surface area contributed by atoms with Crippen LogP contribution in [0, 0.1) is 0 Å². The van der Waals surface area contributed by atoms with Crippen molar-refractivity contribution in [2.45, 2.75) is 6.42 Å². The summed E-state index contributed by atoms with van der Waals surface area (Å²) in [6, 6.07) is 10.7. The first-order valence-corrected chi connectivity index (χ1v) is 7.02. The molecule has 0 saturated carbocycles. The summed E-state index contributed by atoms with van der Waals surface area (Å²) in [5.74, 6) is 0.343. The minimum atomic E-state index is -0.125. The minimum absolute atomic E-state index is 0.125. The van der Waals surface area contributed by atoms with Crippen molar-refractivity contribution in [2.24, 2.45) is 0 Å². The third kappa shape index (κ3) is 2.32. The van der Waals surface area contributed by atoms with Crippen molar-refractivity contribution in [3.8, 4) is 5.75 Å². The van der Waals surface area contributed by atoms with Crippen LogP contribution in [0.4, 0.5) is 11.4 Å². The molecule has 0 radical (unpaired) electrons. The summed E-state index contributed by atoms with van der Waals surface area (Å²) >= 11 is 5.94. The summed E-state index contributed by atoms with van der Waals surface area (Å²) in [7, 11) is 1.52. The van der Waals surface area contributed by atoms with E-state index in [4.69, 9.17) is 22.1 Å². The van der Waals surface area contributed by atoms with Crippen molar-refractivity contribution in [3.05, 3.63) is 52.5 Å². The average Bonchev–Trinajstić information content (AvgIpc) is 2.92. The SMILES string of the molecule is COc1cc(Cl)ccc1C(=O)N1CCc2cccc(N)c21. The molecule has 2 aromatic rings. The first kappa shape index (κ1) is 13.8. The quantitative estimate of drug-likeness (QED) is 0.867. The fraction of sp³-hybridized carbons (Fsp3) is 0.188. The second-order valence-electron chi connectivity index (χ2n) is 4.91. The standard InChI is InChI=1S/C16H15ClN2O2/c1-21-14-9-11(17)5-6-12(14)16(20)19-8-7-10-3-2-4-13(18)15(10)19/h2-6,9H,7-8,18H2,1H3. The Bertz CT molecular complexity index is 715. The van der Waals surface area contributed by atoms with Gasteiger partial charge in [-0.05, 0) is 36.2 Å². The fourth-order valence-electron chi connectivity index (χ4n) is 2.68. The maximum absolute atomic E-state index is 12.8. The molecule has 0 unspecified atom stereocenters. The number of anilines is 2. The topological polar surface area (TPSA) is 55.6 Å². The molecule has 21 heavy (non-hydrogen) atoms. The number of amides is 1. The molecule has 0 spiro atoms. The lowest BCUT2D eigenvalue weighted by molar-refractivity contribution is 0.0986. The van der Waals surface area contributed by atoms with E-state index in [0.717, 1.165) is 17.7 Å². The van der Waals surface area contributed by atoms with E-state index in [0.29, 0.717) is 28.6 Å². The van der Waals surface area contributed by atoms with Gasteiger partial charge in [0, 0.05) is 11.6 Å². The fourth-order valence-corrected chi connectivity index (χ4v) is 2.84. The summed E-state index contributed by atoms with van der Waals surface area (Å²) in [6.45, 7) is 0.619. The molecule has 1 aliphatic rings. The number of nitrogens with zero attached hydrogens (tertiary/aromatic N) is 1. The maximum atomic E-state index is 12.8. The molecule has 2 aromatic carbocycles. The Hall–Kier alpha value is -2.20. The second kappa shape index (κ2) is 5.30. The molecule has 5 heteroatoms. The van der Waals surface area contributed by atoms with E-state index in [1.54, 1.807) is 23.1 Å². The van der Waals surface area contributed by atoms with E-state index in [1.807, 2.05) is 18.2 Å². The lowest BCUT2D eigenvalue weighted by Gasteiger charge is -2.20. The molecular weight excluding hydrogens is 288 g/mol. The molecule has 4 nitrogen and oxygen atoms in total. The summed E-state index contributed by atoms with van der Waals surface area (Å²) in [4.78, 5) is 14.5. The first-order valence-electron chi connectivity index (χ1n) is 6.64. The number of para-hydroxylation sites is 1. The molecule has 3 rings (SSSR count). The predicted molar refractivity (Wildman–Crippen MR) is 84.2 cm³/mol. The predicted octanol–water partition coefficient (Wildman–Crippen LogP) is 3.13. The van der Waals surface area contributed by atoms with Crippen molar-refractivity contribution >= 4 is 28.9 Å². The number of benzene rings is 2. The summed E-state index contributed by atoms with van der Waals surface area (Å²) < 4.78 is 5.26. The van der Waals surface area contributed by atoms with Gasteiger partial charge in [0.2, 0.25) is 0 Å². The van der Waals surface area contributed by atoms with Gasteiger partial charge in [-0.3, -0.25) is 4.79 Å². The maximum Gasteiger partial charge on any atom is 0.262 e. The molecule has 1 amide bonds. The van der Waals surface area contributed by atoms with Crippen LogP contribution in [0.1, 0.15) is 15.9 Å². The van der Waals surface area contributed by atoms with Gasteiger partial charge < -0.3 is 15.4 Å². The van der Waals surface area contributed by atoms with Crippen LogP contribution in [-0.2, 0) is 6.42 Å². The Kier molecular flexibility index (Phi) is 3.47. The van der Waals surface area contributed by atoms with Crippen molar-refractivity contribution in [1.29, 1.82) is 0 Å². The summed E-state index contributed by atoms with van der Waals surface area (Å²) in [5.41, 5.74) is 9.03. The molecule has 108 valence electrons. The van der Waals surface area contributed by atoms with E-state index in [1.165, 1.54) is 7.11 Å². The van der Waals surface area contributed by atoms with Gasteiger partial charge in [-0.1, -0.05) is 23.7 Å². The third-order valence-electron chi connectivity index (χ3n) is 3.66. The summed E-state index contributed by atoms with van der Waals surface area (Å²) in [6.07, 6.45) is 0.808. The highest BCUT2D eigenvalue weighted by atomic mass is 35.5. The number of carbonyl (C=O) groups excluding carboxylic acids is 1. The number of carbonyl (C=O) groups is 1. The van der Waals surface area contributed by atoms with Crippen LogP contribution in [0.5, 0.6) is 5.75 Å². The Morgan fingerprint density at radius 3 is 2.90 bits per heavy atom. The van der Waals surface area contributed by atoms with Crippen LogP contribution in [0.2, 0.25) is 5.02 Å². The Morgan fingerprint density at radius 2 is 2.14 bits per heavy atom. The number of methoxy groups -OCH3 is 1. The zero-order valence-electron chi connectivity index (χ0n) is 11.6. The lowest BCUT2D eigenvalue weighted by atomic mass is 10.1. The van der Waals surface area contributed by atoms with Gasteiger partial charge >= 0.3 is 0 Å². The molecule has 1 heterocycles. The van der Waals surface area contributed by atoms with Gasteiger partial charge in [-0.15, -0.1) is 0 Å². The number of halogens is 1. The van der Waals surface area contributed by atoms with E-state index in [2.05, 4.69) is 0 Å². The van der Waals surface area contributed by atoms with Crippen LogP contribution in [0.15, 0.2) is 36.4 Å². The number of hydrogen-bond donors (Lipinski definition) is 1. The molecule has 2 N–H and O–H groups in total. The molecule has 0 aliphatic carbocycles. The molecular formula is C16H15ClN2O2. The van der Waals surface area contributed by atoms with Crippen LogP contribution >= 0.6 is 11.6 Å². The molecule has 1 aliphatic heterocycles. The van der Waals surface area contributed by atoms with E-state index < -0.39 is 0 Å². The number of rotatable bonds is 2. The highest BCUT2D eigenvalue weighted by molar-refractivity contribution is 6.31. The normalized spacial score (nSPS) is 13.1. The van der Waals surface area contributed by atoms with Crippen LogP contribution in [0.25, 0.3) is 0 Å². The highest BCUT2D eigenvalue weighted by Crippen LogP contribution is 2.36. The van der Waals surface area contributed by atoms with E-state index in [-0.39, 0.29) is 5.91 Å². The number of ether oxygens (including phenoxy) is 1. The smallest absolute Gasteiger partial charge is 0.262 e. The highest BCUT2D eigenvalue weighted by Gasteiger charge is 2.28. The zero-order chi connectivity index (χ0) is 15.0. The third-order valence-corrected chi connectivity index (χ3v) is 3.90. The molecule has 0 fully saturated rings. The first-order chi connectivity index (χ1) is 10.1. The van der Waals surface area contributed by atoms with Crippen LogP contribution < -0.4 is 15.4 Å². The van der Waals surface area contributed by atoms with Gasteiger partial charge in [0.25, 0.3) is 5.91 Å².